The van der Waals surface area contributed by atoms with E-state index in [0.717, 1.165) is 18.6 Å². The van der Waals surface area contributed by atoms with Gasteiger partial charge in [-0.25, -0.2) is 9.18 Å². The molecule has 0 saturated carbocycles. The molecule has 1 atom stereocenters. The number of carbonyl (C=O) groups excluding carboxylic acids is 1. The van der Waals surface area contributed by atoms with Gasteiger partial charge in [0.05, 0.1) is 5.56 Å². The fraction of sp³-hybridized carbons (Fsp3) is 0.333. The molecule has 6 heteroatoms. The van der Waals surface area contributed by atoms with Gasteiger partial charge in [-0.1, -0.05) is 13.0 Å². The number of carboxylic acids is 1. The third-order valence-corrected chi connectivity index (χ3v) is 3.93. The van der Waals surface area contributed by atoms with Gasteiger partial charge in [-0.3, -0.25) is 4.79 Å². The highest BCUT2D eigenvalue weighted by atomic mass is 32.2. The molecule has 21 heavy (non-hydrogen) atoms. The summed E-state index contributed by atoms with van der Waals surface area (Å²) in [5.41, 5.74) is 0.376. The highest BCUT2D eigenvalue weighted by Crippen LogP contribution is 2.13. The standard InChI is InChI=1S/C15H18FNO3S/c1-10(21-2)7-8-17-15(20)12-9-11(3-5-13(12)16)4-6-14(18)19/h3-6,9-10H,7-8H2,1-2H3,(H,17,20)(H,18,19)/b6-4+. The summed E-state index contributed by atoms with van der Waals surface area (Å²) < 4.78 is 13.7. The number of aliphatic carboxylic acids is 1. The normalized spacial score (nSPS) is 12.3. The van der Waals surface area contributed by atoms with Crippen molar-refractivity contribution in [3.63, 3.8) is 0 Å². The zero-order valence-corrected chi connectivity index (χ0v) is 12.7. The van der Waals surface area contributed by atoms with E-state index in [9.17, 15) is 14.0 Å². The van der Waals surface area contributed by atoms with Crippen molar-refractivity contribution in [2.75, 3.05) is 12.8 Å². The SMILES string of the molecule is CSC(C)CCNC(=O)c1cc(/C=C/C(=O)O)ccc1F. The minimum absolute atomic E-state index is 0.0839. The van der Waals surface area contributed by atoms with Crippen molar-refractivity contribution in [2.24, 2.45) is 0 Å². The first-order valence-electron chi connectivity index (χ1n) is 6.45. The van der Waals surface area contributed by atoms with Crippen LogP contribution in [0.15, 0.2) is 24.3 Å². The van der Waals surface area contributed by atoms with Gasteiger partial charge >= 0.3 is 5.97 Å². The van der Waals surface area contributed by atoms with Crippen LogP contribution in [0.5, 0.6) is 0 Å². The topological polar surface area (TPSA) is 66.4 Å². The second-order valence-electron chi connectivity index (χ2n) is 4.50. The Balaban J connectivity index is 2.74. The van der Waals surface area contributed by atoms with E-state index in [4.69, 9.17) is 5.11 Å². The van der Waals surface area contributed by atoms with E-state index in [-0.39, 0.29) is 5.56 Å². The van der Waals surface area contributed by atoms with E-state index in [0.29, 0.717) is 17.4 Å². The molecule has 4 nitrogen and oxygen atoms in total. The van der Waals surface area contributed by atoms with E-state index in [1.807, 2.05) is 6.26 Å². The lowest BCUT2D eigenvalue weighted by Gasteiger charge is -2.10. The van der Waals surface area contributed by atoms with Gasteiger partial charge in [0, 0.05) is 17.9 Å². The van der Waals surface area contributed by atoms with Crippen LogP contribution in [0, 0.1) is 5.82 Å². The molecular formula is C15H18FNO3S. The van der Waals surface area contributed by atoms with Gasteiger partial charge in [0.15, 0.2) is 0 Å². The number of nitrogens with one attached hydrogen (secondary N) is 1. The van der Waals surface area contributed by atoms with E-state index < -0.39 is 17.7 Å². The van der Waals surface area contributed by atoms with Crippen molar-refractivity contribution in [3.8, 4) is 0 Å². The van der Waals surface area contributed by atoms with Gasteiger partial charge in [-0.2, -0.15) is 11.8 Å². The van der Waals surface area contributed by atoms with Crippen molar-refractivity contribution in [2.45, 2.75) is 18.6 Å². The van der Waals surface area contributed by atoms with E-state index >= 15 is 0 Å². The number of hydrogen-bond acceptors (Lipinski definition) is 3. The Morgan fingerprint density at radius 1 is 1.48 bits per heavy atom. The number of halogens is 1. The van der Waals surface area contributed by atoms with Crippen LogP contribution in [-0.4, -0.2) is 35.0 Å². The second kappa shape index (κ2) is 8.46. The molecule has 114 valence electrons. The Hall–Kier alpha value is -1.82. The van der Waals surface area contributed by atoms with Crippen molar-refractivity contribution < 1.29 is 19.1 Å². The summed E-state index contributed by atoms with van der Waals surface area (Å²) in [5.74, 6) is -2.22. The monoisotopic (exact) mass is 311 g/mol. The lowest BCUT2D eigenvalue weighted by atomic mass is 10.1. The Kier molecular flexibility index (Phi) is 6.94. The van der Waals surface area contributed by atoms with Crippen LogP contribution < -0.4 is 5.32 Å². The fourth-order valence-corrected chi connectivity index (χ4v) is 1.94. The molecule has 0 saturated heterocycles. The van der Waals surface area contributed by atoms with Crippen LogP contribution >= 0.6 is 11.8 Å². The van der Waals surface area contributed by atoms with Crippen LogP contribution in [0.25, 0.3) is 6.08 Å². The zero-order valence-electron chi connectivity index (χ0n) is 11.9. The summed E-state index contributed by atoms with van der Waals surface area (Å²) in [7, 11) is 0. The maximum absolute atomic E-state index is 13.7. The van der Waals surface area contributed by atoms with E-state index in [2.05, 4.69) is 12.2 Å². The number of thioether (sulfide) groups is 1. The number of carboxylic acid groups (broad SMARTS) is 1. The molecule has 2 N–H and O–H groups in total. The van der Waals surface area contributed by atoms with Crippen molar-refractivity contribution >= 4 is 29.7 Å². The first kappa shape index (κ1) is 17.2. The molecule has 0 spiro atoms. The van der Waals surface area contributed by atoms with Gasteiger partial charge in [-0.05, 0) is 36.4 Å². The van der Waals surface area contributed by atoms with Gasteiger partial charge in [0.2, 0.25) is 0 Å². The molecule has 0 heterocycles. The maximum atomic E-state index is 13.7. The average Bonchev–Trinajstić information content (AvgIpc) is 2.45. The molecule has 1 aromatic rings. The first-order valence-corrected chi connectivity index (χ1v) is 7.74. The number of amides is 1. The molecule has 0 bridgehead atoms. The third-order valence-electron chi connectivity index (χ3n) is 2.89. The summed E-state index contributed by atoms with van der Waals surface area (Å²) >= 11 is 1.70. The first-order chi connectivity index (χ1) is 9.93. The van der Waals surface area contributed by atoms with Crippen LogP contribution in [0.1, 0.15) is 29.3 Å². The van der Waals surface area contributed by atoms with E-state index in [1.165, 1.54) is 18.2 Å². The molecular weight excluding hydrogens is 293 g/mol. The molecule has 0 aliphatic carbocycles. The fourth-order valence-electron chi connectivity index (χ4n) is 1.59. The summed E-state index contributed by atoms with van der Waals surface area (Å²) in [6.45, 7) is 2.52. The van der Waals surface area contributed by atoms with Gasteiger partial charge in [0.1, 0.15) is 5.82 Å². The van der Waals surface area contributed by atoms with Crippen molar-refractivity contribution in [1.82, 2.24) is 5.32 Å². The van der Waals surface area contributed by atoms with Gasteiger partial charge < -0.3 is 10.4 Å². The number of carbonyl (C=O) groups is 2. The predicted octanol–water partition coefficient (Wildman–Crippen LogP) is 2.79. The summed E-state index contributed by atoms with van der Waals surface area (Å²) in [6.07, 6.45) is 5.04. The molecule has 0 fully saturated rings. The number of benzene rings is 1. The second-order valence-corrected chi connectivity index (χ2v) is 5.78. The summed E-state index contributed by atoms with van der Waals surface area (Å²) in [6, 6.07) is 3.91. The van der Waals surface area contributed by atoms with Crippen LogP contribution in [0.4, 0.5) is 4.39 Å². The quantitative estimate of drug-likeness (QED) is 0.760. The lowest BCUT2D eigenvalue weighted by molar-refractivity contribution is -0.131. The van der Waals surface area contributed by atoms with Gasteiger partial charge in [0.25, 0.3) is 5.91 Å². The van der Waals surface area contributed by atoms with E-state index in [1.54, 1.807) is 11.8 Å². The molecule has 0 aliphatic rings. The molecule has 1 aromatic carbocycles. The van der Waals surface area contributed by atoms with Crippen LogP contribution in [-0.2, 0) is 4.79 Å². The largest absolute Gasteiger partial charge is 0.478 e. The Morgan fingerprint density at radius 3 is 2.81 bits per heavy atom. The molecule has 0 aliphatic heterocycles. The zero-order chi connectivity index (χ0) is 15.8. The van der Waals surface area contributed by atoms with Gasteiger partial charge in [-0.15, -0.1) is 0 Å². The lowest BCUT2D eigenvalue weighted by Crippen LogP contribution is -2.26. The Morgan fingerprint density at radius 2 is 2.19 bits per heavy atom. The Labute approximate surface area is 127 Å². The third kappa shape index (κ3) is 5.99. The molecule has 1 unspecified atom stereocenters. The highest BCUT2D eigenvalue weighted by Gasteiger charge is 2.12. The molecule has 0 radical (unpaired) electrons. The Bertz CT molecular complexity index is 546. The number of rotatable bonds is 7. The average molecular weight is 311 g/mol. The summed E-state index contributed by atoms with van der Waals surface area (Å²) in [5, 5.41) is 11.6. The van der Waals surface area contributed by atoms with Crippen molar-refractivity contribution in [3.05, 3.63) is 41.2 Å². The molecule has 1 rings (SSSR count). The predicted molar refractivity (Wildman–Crippen MR) is 83.0 cm³/mol. The molecule has 1 amide bonds. The smallest absolute Gasteiger partial charge is 0.328 e. The molecule has 0 aromatic heterocycles. The summed E-state index contributed by atoms with van der Waals surface area (Å²) in [4.78, 5) is 22.4. The minimum atomic E-state index is -1.10. The minimum Gasteiger partial charge on any atom is -0.478 e. The van der Waals surface area contributed by atoms with Crippen molar-refractivity contribution in [1.29, 1.82) is 0 Å². The maximum Gasteiger partial charge on any atom is 0.328 e. The highest BCUT2D eigenvalue weighted by molar-refractivity contribution is 7.99. The number of hydrogen-bond donors (Lipinski definition) is 2. The van der Waals surface area contributed by atoms with Crippen LogP contribution in [0.2, 0.25) is 0 Å². The van der Waals surface area contributed by atoms with Crippen LogP contribution in [0.3, 0.4) is 0 Å².